The summed E-state index contributed by atoms with van der Waals surface area (Å²) in [4.78, 5) is 13.7. The summed E-state index contributed by atoms with van der Waals surface area (Å²) < 4.78 is 33.1. The second-order valence-electron chi connectivity index (χ2n) is 6.51. The van der Waals surface area contributed by atoms with Crippen molar-refractivity contribution >= 4 is 21.6 Å². The van der Waals surface area contributed by atoms with Gasteiger partial charge < -0.3 is 9.64 Å². The minimum Gasteiger partial charge on any atom is -0.495 e. The summed E-state index contributed by atoms with van der Waals surface area (Å²) in [5, 5.41) is 0. The van der Waals surface area contributed by atoms with Gasteiger partial charge in [-0.25, -0.2) is 13.1 Å². The van der Waals surface area contributed by atoms with Gasteiger partial charge in [0.1, 0.15) is 10.6 Å². The van der Waals surface area contributed by atoms with Gasteiger partial charge >= 0.3 is 0 Å². The number of hydrogen-bond acceptors (Lipinski definition) is 4. The van der Waals surface area contributed by atoms with Crippen LogP contribution in [0.1, 0.15) is 23.6 Å². The van der Waals surface area contributed by atoms with E-state index in [-0.39, 0.29) is 29.6 Å². The zero-order chi connectivity index (χ0) is 20.2. The van der Waals surface area contributed by atoms with Crippen molar-refractivity contribution in [3.05, 3.63) is 53.1 Å². The normalized spacial score (nSPS) is 11.3. The molecule has 1 N–H and O–H groups in total. The standard InChI is InChI=1S/C20H26N2O4S/c1-14-6-8-18(16(3)12-14)22(17(4)23)11-10-21-27(24,25)20-13-15(2)7-9-19(20)26-5/h6-9,12-13,21H,10-11H2,1-5H3. The number of nitrogens with zero attached hydrogens (tertiary/aromatic N) is 1. The maximum absolute atomic E-state index is 12.7. The van der Waals surface area contributed by atoms with Crippen molar-refractivity contribution in [3.63, 3.8) is 0 Å². The van der Waals surface area contributed by atoms with Crippen molar-refractivity contribution in [2.45, 2.75) is 32.6 Å². The van der Waals surface area contributed by atoms with E-state index in [0.29, 0.717) is 0 Å². The smallest absolute Gasteiger partial charge is 0.244 e. The highest BCUT2D eigenvalue weighted by atomic mass is 32.2. The van der Waals surface area contributed by atoms with E-state index < -0.39 is 10.0 Å². The van der Waals surface area contributed by atoms with Crippen molar-refractivity contribution in [2.24, 2.45) is 0 Å². The first-order chi connectivity index (χ1) is 12.7. The van der Waals surface area contributed by atoms with E-state index in [2.05, 4.69) is 4.72 Å². The molecule has 0 heterocycles. The van der Waals surface area contributed by atoms with E-state index in [1.54, 1.807) is 23.1 Å². The monoisotopic (exact) mass is 390 g/mol. The molecule has 2 aromatic rings. The highest BCUT2D eigenvalue weighted by Gasteiger charge is 2.21. The van der Waals surface area contributed by atoms with Gasteiger partial charge in [-0.3, -0.25) is 4.79 Å². The summed E-state index contributed by atoms with van der Waals surface area (Å²) in [6.07, 6.45) is 0. The number of carbonyl (C=O) groups is 1. The fourth-order valence-corrected chi connectivity index (χ4v) is 4.19. The Balaban J connectivity index is 2.17. The maximum atomic E-state index is 12.7. The molecule has 0 bridgehead atoms. The van der Waals surface area contributed by atoms with Crippen LogP contribution < -0.4 is 14.4 Å². The summed E-state index contributed by atoms with van der Waals surface area (Å²) >= 11 is 0. The average molecular weight is 391 g/mol. The molecule has 1 amide bonds. The number of ether oxygens (including phenoxy) is 1. The van der Waals surface area contributed by atoms with Crippen LogP contribution in [0.2, 0.25) is 0 Å². The van der Waals surface area contributed by atoms with E-state index in [0.717, 1.165) is 22.4 Å². The minimum absolute atomic E-state index is 0.0888. The number of aryl methyl sites for hydroxylation is 3. The van der Waals surface area contributed by atoms with Crippen LogP contribution in [0, 0.1) is 20.8 Å². The third-order valence-electron chi connectivity index (χ3n) is 4.26. The fourth-order valence-electron chi connectivity index (χ4n) is 2.92. The summed E-state index contributed by atoms with van der Waals surface area (Å²) in [5.41, 5.74) is 3.66. The molecule has 6 nitrogen and oxygen atoms in total. The molecule has 0 aromatic heterocycles. The van der Waals surface area contributed by atoms with Gasteiger partial charge in [0.15, 0.2) is 0 Å². The summed E-state index contributed by atoms with van der Waals surface area (Å²) in [6, 6.07) is 10.8. The second kappa shape index (κ2) is 8.54. The van der Waals surface area contributed by atoms with Gasteiger partial charge in [-0.2, -0.15) is 0 Å². The number of rotatable bonds is 7. The molecule has 146 valence electrons. The van der Waals surface area contributed by atoms with Crippen molar-refractivity contribution in [3.8, 4) is 5.75 Å². The van der Waals surface area contributed by atoms with E-state index in [1.807, 2.05) is 39.0 Å². The average Bonchev–Trinajstić information content (AvgIpc) is 2.59. The molecule has 27 heavy (non-hydrogen) atoms. The number of hydrogen-bond donors (Lipinski definition) is 1. The summed E-state index contributed by atoms with van der Waals surface area (Å²) in [7, 11) is -2.33. The quantitative estimate of drug-likeness (QED) is 0.789. The van der Waals surface area contributed by atoms with Crippen LogP contribution in [-0.4, -0.2) is 34.5 Å². The van der Waals surface area contributed by atoms with E-state index >= 15 is 0 Å². The van der Waals surface area contributed by atoms with Gasteiger partial charge in [-0.15, -0.1) is 0 Å². The molecule has 2 rings (SSSR count). The molecule has 0 fully saturated rings. The summed E-state index contributed by atoms with van der Waals surface area (Å²) in [5.74, 6) is 0.139. The van der Waals surface area contributed by atoms with Crippen molar-refractivity contribution in [2.75, 3.05) is 25.1 Å². The summed E-state index contributed by atoms with van der Waals surface area (Å²) in [6.45, 7) is 7.52. The molecule has 0 aliphatic carbocycles. The Morgan fingerprint density at radius 2 is 1.70 bits per heavy atom. The lowest BCUT2D eigenvalue weighted by Gasteiger charge is -2.23. The molecule has 0 unspecified atom stereocenters. The highest BCUT2D eigenvalue weighted by molar-refractivity contribution is 7.89. The largest absolute Gasteiger partial charge is 0.495 e. The molecule has 7 heteroatoms. The molecule has 0 atom stereocenters. The van der Waals surface area contributed by atoms with Gasteiger partial charge in [0.05, 0.1) is 7.11 Å². The number of benzene rings is 2. The second-order valence-corrected chi connectivity index (χ2v) is 8.25. The SMILES string of the molecule is COc1ccc(C)cc1S(=O)(=O)NCCN(C(C)=O)c1ccc(C)cc1C. The molecular formula is C20H26N2O4S. The fraction of sp³-hybridized carbons (Fsp3) is 0.350. The molecule has 0 saturated heterocycles. The molecule has 2 aromatic carbocycles. The zero-order valence-electron chi connectivity index (χ0n) is 16.4. The Bertz CT molecular complexity index is 939. The Labute approximate surface area is 161 Å². The maximum Gasteiger partial charge on any atom is 0.244 e. The van der Waals surface area contributed by atoms with Crippen molar-refractivity contribution in [1.29, 1.82) is 0 Å². The molecule has 0 spiro atoms. The third-order valence-corrected chi connectivity index (χ3v) is 5.74. The Morgan fingerprint density at radius 3 is 2.30 bits per heavy atom. The molecule has 0 aliphatic rings. The molecule has 0 radical (unpaired) electrons. The van der Waals surface area contributed by atoms with Gasteiger partial charge in [-0.05, 0) is 50.1 Å². The van der Waals surface area contributed by atoms with E-state index in [4.69, 9.17) is 4.74 Å². The Kier molecular flexibility index (Phi) is 6.62. The Hall–Kier alpha value is -2.38. The predicted molar refractivity (Wildman–Crippen MR) is 107 cm³/mol. The van der Waals surface area contributed by atoms with Gasteiger partial charge in [0, 0.05) is 25.7 Å². The first kappa shape index (κ1) is 20.9. The van der Waals surface area contributed by atoms with Crippen molar-refractivity contribution in [1.82, 2.24) is 4.72 Å². The first-order valence-electron chi connectivity index (χ1n) is 8.65. The Morgan fingerprint density at radius 1 is 1.07 bits per heavy atom. The van der Waals surface area contributed by atoms with Crippen molar-refractivity contribution < 1.29 is 17.9 Å². The first-order valence-corrected chi connectivity index (χ1v) is 10.1. The van der Waals surface area contributed by atoms with Crippen LogP contribution in [0.15, 0.2) is 41.3 Å². The number of sulfonamides is 1. The van der Waals surface area contributed by atoms with E-state index in [9.17, 15) is 13.2 Å². The van der Waals surface area contributed by atoms with Crippen LogP contribution >= 0.6 is 0 Å². The van der Waals surface area contributed by atoms with Crippen LogP contribution in [0.4, 0.5) is 5.69 Å². The number of carbonyl (C=O) groups excluding carboxylic acids is 1. The molecule has 0 aliphatic heterocycles. The highest BCUT2D eigenvalue weighted by Crippen LogP contribution is 2.25. The minimum atomic E-state index is -3.76. The van der Waals surface area contributed by atoms with E-state index in [1.165, 1.54) is 14.0 Å². The molecular weight excluding hydrogens is 364 g/mol. The van der Waals surface area contributed by atoms with Crippen LogP contribution in [0.5, 0.6) is 5.75 Å². The lowest BCUT2D eigenvalue weighted by Crippen LogP contribution is -2.38. The van der Waals surface area contributed by atoms with Gasteiger partial charge in [-0.1, -0.05) is 23.8 Å². The van der Waals surface area contributed by atoms with Crippen LogP contribution in [-0.2, 0) is 14.8 Å². The topological polar surface area (TPSA) is 75.7 Å². The lowest BCUT2D eigenvalue weighted by molar-refractivity contribution is -0.116. The third kappa shape index (κ3) is 5.08. The number of anilines is 1. The van der Waals surface area contributed by atoms with Gasteiger partial charge in [0.2, 0.25) is 15.9 Å². The lowest BCUT2D eigenvalue weighted by atomic mass is 10.1. The zero-order valence-corrected chi connectivity index (χ0v) is 17.2. The number of methoxy groups -OCH3 is 1. The van der Waals surface area contributed by atoms with Crippen LogP contribution in [0.3, 0.4) is 0 Å². The predicted octanol–water partition coefficient (Wildman–Crippen LogP) is 2.95. The number of nitrogens with one attached hydrogen (secondary N) is 1. The van der Waals surface area contributed by atoms with Gasteiger partial charge in [0.25, 0.3) is 0 Å². The number of amides is 1. The van der Waals surface area contributed by atoms with Crippen LogP contribution in [0.25, 0.3) is 0 Å². The molecule has 0 saturated carbocycles.